The second-order valence-electron chi connectivity index (χ2n) is 8.26. The van der Waals surface area contributed by atoms with Gasteiger partial charge >= 0.3 is 0 Å². The normalized spacial score (nSPS) is 21.9. The van der Waals surface area contributed by atoms with Gasteiger partial charge in [0.15, 0.2) is 0 Å². The van der Waals surface area contributed by atoms with E-state index in [2.05, 4.69) is 39.5 Å². The van der Waals surface area contributed by atoms with E-state index in [4.69, 9.17) is 0 Å². The van der Waals surface area contributed by atoms with Gasteiger partial charge in [-0.1, -0.05) is 12.1 Å². The Morgan fingerprint density at radius 2 is 2.00 bits per heavy atom. The van der Waals surface area contributed by atoms with Crippen molar-refractivity contribution in [2.45, 2.75) is 51.2 Å². The van der Waals surface area contributed by atoms with Crippen LogP contribution >= 0.6 is 0 Å². The molecule has 2 amide bonds. The number of hydrogen-bond donors (Lipinski definition) is 1. The van der Waals surface area contributed by atoms with Gasteiger partial charge in [-0.2, -0.15) is 0 Å². The molecule has 6 heteroatoms. The number of aromatic nitrogens is 1. The van der Waals surface area contributed by atoms with Crippen LogP contribution in [0.5, 0.6) is 0 Å². The van der Waals surface area contributed by atoms with Crippen molar-refractivity contribution in [2.24, 2.45) is 0 Å². The Morgan fingerprint density at radius 3 is 2.71 bits per heavy atom. The van der Waals surface area contributed by atoms with E-state index in [1.807, 2.05) is 17.2 Å². The van der Waals surface area contributed by atoms with Crippen molar-refractivity contribution in [2.75, 3.05) is 19.6 Å². The maximum atomic E-state index is 12.2. The van der Waals surface area contributed by atoms with E-state index < -0.39 is 0 Å². The lowest BCUT2D eigenvalue weighted by molar-refractivity contribution is -0.134. The molecule has 1 aromatic carbocycles. The zero-order valence-electron chi connectivity index (χ0n) is 16.6. The lowest BCUT2D eigenvalue weighted by atomic mass is 9.84. The maximum absolute atomic E-state index is 12.2. The first-order valence-electron chi connectivity index (χ1n) is 10.1. The number of likely N-dealkylation sites (tertiary alicyclic amines) is 2. The van der Waals surface area contributed by atoms with Crippen molar-refractivity contribution in [3.8, 4) is 0 Å². The summed E-state index contributed by atoms with van der Waals surface area (Å²) in [5, 5.41) is 4.19. The van der Waals surface area contributed by atoms with Gasteiger partial charge in [-0.05, 0) is 43.0 Å². The van der Waals surface area contributed by atoms with Gasteiger partial charge in [0.05, 0.1) is 5.52 Å². The highest BCUT2D eigenvalue weighted by Crippen LogP contribution is 2.39. The molecule has 2 saturated heterocycles. The van der Waals surface area contributed by atoms with Gasteiger partial charge in [0.2, 0.25) is 11.8 Å². The van der Waals surface area contributed by atoms with Crippen LogP contribution in [-0.4, -0.2) is 57.8 Å². The topological polar surface area (TPSA) is 65.5 Å². The molecule has 0 radical (unpaired) electrons. The van der Waals surface area contributed by atoms with E-state index in [-0.39, 0.29) is 23.4 Å². The third kappa shape index (κ3) is 3.74. The summed E-state index contributed by atoms with van der Waals surface area (Å²) < 4.78 is 0. The van der Waals surface area contributed by atoms with Gasteiger partial charge in [0.1, 0.15) is 0 Å². The minimum absolute atomic E-state index is 0.0196. The third-order valence-electron chi connectivity index (χ3n) is 6.25. The predicted octanol–water partition coefficient (Wildman–Crippen LogP) is 2.33. The average Bonchev–Trinajstić information content (AvgIpc) is 3.01. The summed E-state index contributed by atoms with van der Waals surface area (Å²) in [6, 6.07) is 10.6. The molecule has 2 aliphatic rings. The molecule has 2 fully saturated rings. The quantitative estimate of drug-likeness (QED) is 0.888. The number of hydrogen-bond acceptors (Lipinski definition) is 4. The number of carbonyl (C=O) groups excluding carboxylic acids is 2. The second-order valence-corrected chi connectivity index (χ2v) is 8.26. The standard InChI is InChI=1S/C22H28N4O2/c1-16(27)24-20-13-22(26(15-20)17(2)28)7-10-25(11-8-22)14-18-5-6-21-19(12-18)4-3-9-23-21/h3-6,9,12,20H,7-8,10-11,13-15H2,1-2H3,(H,24,27)/t20-/m1/s1. The van der Waals surface area contributed by atoms with Crippen molar-refractivity contribution in [3.05, 3.63) is 42.1 Å². The van der Waals surface area contributed by atoms with Crippen LogP contribution < -0.4 is 5.32 Å². The Balaban J connectivity index is 1.42. The Bertz CT molecular complexity index is 889. The number of piperidine rings is 1. The Labute approximate surface area is 165 Å². The molecular formula is C22H28N4O2. The van der Waals surface area contributed by atoms with E-state index in [0.717, 1.165) is 44.4 Å². The van der Waals surface area contributed by atoms with E-state index in [9.17, 15) is 9.59 Å². The van der Waals surface area contributed by atoms with Gasteiger partial charge in [0.25, 0.3) is 0 Å². The molecule has 148 valence electrons. The van der Waals surface area contributed by atoms with Crippen LogP contribution in [-0.2, 0) is 16.1 Å². The minimum Gasteiger partial charge on any atom is -0.352 e. The van der Waals surface area contributed by atoms with Crippen LogP contribution in [0.15, 0.2) is 36.5 Å². The molecular weight excluding hydrogens is 352 g/mol. The summed E-state index contributed by atoms with van der Waals surface area (Å²) in [6.07, 6.45) is 4.60. The number of fused-ring (bicyclic) bond motifs is 1. The number of pyridine rings is 1. The summed E-state index contributed by atoms with van der Waals surface area (Å²) in [6.45, 7) is 6.66. The number of nitrogens with zero attached hydrogens (tertiary/aromatic N) is 3. The van der Waals surface area contributed by atoms with Gasteiger partial charge < -0.3 is 10.2 Å². The van der Waals surface area contributed by atoms with E-state index in [0.29, 0.717) is 6.54 Å². The van der Waals surface area contributed by atoms with Crippen molar-refractivity contribution >= 4 is 22.7 Å². The van der Waals surface area contributed by atoms with Crippen LogP contribution in [0.3, 0.4) is 0 Å². The molecule has 2 aromatic rings. The molecule has 1 spiro atoms. The fourth-order valence-electron chi connectivity index (χ4n) is 4.98. The predicted molar refractivity (Wildman–Crippen MR) is 109 cm³/mol. The van der Waals surface area contributed by atoms with Crippen molar-refractivity contribution in [3.63, 3.8) is 0 Å². The highest BCUT2D eigenvalue weighted by molar-refractivity contribution is 5.79. The van der Waals surface area contributed by atoms with Crippen LogP contribution in [0.1, 0.15) is 38.7 Å². The highest BCUT2D eigenvalue weighted by Gasteiger charge is 2.48. The molecule has 0 saturated carbocycles. The van der Waals surface area contributed by atoms with Gasteiger partial charge in [-0.15, -0.1) is 0 Å². The summed E-state index contributed by atoms with van der Waals surface area (Å²) in [5.41, 5.74) is 2.21. The molecule has 2 aliphatic heterocycles. The fourth-order valence-corrected chi connectivity index (χ4v) is 4.98. The first-order valence-corrected chi connectivity index (χ1v) is 10.1. The summed E-state index contributed by atoms with van der Waals surface area (Å²) in [4.78, 5) is 32.6. The Hall–Kier alpha value is -2.47. The van der Waals surface area contributed by atoms with Gasteiger partial charge in [-0.3, -0.25) is 19.5 Å². The number of rotatable bonds is 3. The zero-order valence-corrected chi connectivity index (χ0v) is 16.6. The number of carbonyl (C=O) groups is 2. The third-order valence-corrected chi connectivity index (χ3v) is 6.25. The Morgan fingerprint density at radius 1 is 1.21 bits per heavy atom. The molecule has 1 atom stereocenters. The lowest BCUT2D eigenvalue weighted by Gasteiger charge is -2.44. The lowest BCUT2D eigenvalue weighted by Crippen LogP contribution is -2.53. The van der Waals surface area contributed by atoms with Gasteiger partial charge in [-0.25, -0.2) is 0 Å². The molecule has 3 heterocycles. The van der Waals surface area contributed by atoms with E-state index >= 15 is 0 Å². The van der Waals surface area contributed by atoms with Gasteiger partial charge in [0, 0.05) is 63.2 Å². The van der Waals surface area contributed by atoms with E-state index in [1.54, 1.807) is 13.8 Å². The molecule has 6 nitrogen and oxygen atoms in total. The molecule has 1 aromatic heterocycles. The van der Waals surface area contributed by atoms with Crippen molar-refractivity contribution in [1.29, 1.82) is 0 Å². The largest absolute Gasteiger partial charge is 0.352 e. The average molecular weight is 380 g/mol. The Kier molecular flexibility index (Phi) is 5.06. The van der Waals surface area contributed by atoms with Crippen molar-refractivity contribution < 1.29 is 9.59 Å². The molecule has 0 bridgehead atoms. The SMILES string of the molecule is CC(=O)N[C@H]1CN(C(C)=O)C2(CCN(Cc3ccc4ncccc4c3)CC2)C1. The summed E-state index contributed by atoms with van der Waals surface area (Å²) >= 11 is 0. The zero-order chi connectivity index (χ0) is 19.7. The van der Waals surface area contributed by atoms with Crippen LogP contribution in [0.25, 0.3) is 10.9 Å². The number of nitrogens with one attached hydrogen (secondary N) is 1. The molecule has 0 aliphatic carbocycles. The first kappa shape index (κ1) is 18.9. The van der Waals surface area contributed by atoms with Crippen LogP contribution in [0.4, 0.5) is 0 Å². The van der Waals surface area contributed by atoms with Crippen LogP contribution in [0.2, 0.25) is 0 Å². The van der Waals surface area contributed by atoms with Crippen molar-refractivity contribution in [1.82, 2.24) is 20.1 Å². The monoisotopic (exact) mass is 380 g/mol. The number of amides is 2. The fraction of sp³-hybridized carbons (Fsp3) is 0.500. The summed E-state index contributed by atoms with van der Waals surface area (Å²) in [7, 11) is 0. The molecule has 28 heavy (non-hydrogen) atoms. The van der Waals surface area contributed by atoms with Crippen LogP contribution in [0, 0.1) is 0 Å². The molecule has 4 rings (SSSR count). The smallest absolute Gasteiger partial charge is 0.219 e. The number of benzene rings is 1. The molecule has 1 N–H and O–H groups in total. The maximum Gasteiger partial charge on any atom is 0.219 e. The first-order chi connectivity index (χ1) is 13.4. The van der Waals surface area contributed by atoms with E-state index in [1.165, 1.54) is 10.9 Å². The molecule has 0 unspecified atom stereocenters. The minimum atomic E-state index is -0.108. The summed E-state index contributed by atoms with van der Waals surface area (Å²) in [5.74, 6) is 0.0945. The second kappa shape index (κ2) is 7.51. The highest BCUT2D eigenvalue weighted by atomic mass is 16.2.